The standard InChI is InChI=1S/C21H21NO5S/c1-4-8-20(24)22(28(25,26)17-9-6-5-7-10-17)16-11-12-19-18(13-16)21(14(2)23)15(3)27-19/h5-7,9-13H,4,8H2,1-3H3. The summed E-state index contributed by atoms with van der Waals surface area (Å²) in [5.74, 6) is -0.266. The SMILES string of the molecule is CCCC(=O)N(c1ccc2oc(C)c(C(C)=O)c2c1)S(=O)(=O)c1ccccc1. The Kier molecular flexibility index (Phi) is 5.38. The molecule has 146 valence electrons. The average molecular weight is 399 g/mol. The van der Waals surface area contributed by atoms with E-state index in [1.54, 1.807) is 31.2 Å². The molecule has 0 unspecified atom stereocenters. The lowest BCUT2D eigenvalue weighted by Crippen LogP contribution is -2.36. The number of fused-ring (bicyclic) bond motifs is 1. The van der Waals surface area contributed by atoms with E-state index in [0.717, 1.165) is 4.31 Å². The summed E-state index contributed by atoms with van der Waals surface area (Å²) in [5, 5.41) is 0.486. The van der Waals surface area contributed by atoms with Crippen molar-refractivity contribution in [2.24, 2.45) is 0 Å². The number of amides is 1. The fourth-order valence-electron chi connectivity index (χ4n) is 3.20. The van der Waals surface area contributed by atoms with Crippen LogP contribution >= 0.6 is 0 Å². The molecule has 3 rings (SSSR count). The Bertz CT molecular complexity index is 1150. The monoisotopic (exact) mass is 399 g/mol. The fourth-order valence-corrected chi connectivity index (χ4v) is 4.66. The second-order valence-corrected chi connectivity index (χ2v) is 8.28. The van der Waals surface area contributed by atoms with Crippen LogP contribution in [0.25, 0.3) is 11.0 Å². The van der Waals surface area contributed by atoms with Gasteiger partial charge in [-0.15, -0.1) is 0 Å². The molecular formula is C21H21NO5S. The molecule has 0 N–H and O–H groups in total. The molecule has 0 aliphatic heterocycles. The highest BCUT2D eigenvalue weighted by Gasteiger charge is 2.31. The van der Waals surface area contributed by atoms with Gasteiger partial charge in [0, 0.05) is 11.8 Å². The molecule has 2 aromatic carbocycles. The quantitative estimate of drug-likeness (QED) is 0.571. The zero-order chi connectivity index (χ0) is 20.5. The Hall–Kier alpha value is -2.93. The predicted molar refractivity (Wildman–Crippen MR) is 107 cm³/mol. The number of aryl methyl sites for hydroxylation is 1. The zero-order valence-corrected chi connectivity index (χ0v) is 16.7. The summed E-state index contributed by atoms with van der Waals surface area (Å²) in [5.41, 5.74) is 1.03. The fraction of sp³-hybridized carbons (Fsp3) is 0.238. The Morgan fingerprint density at radius 3 is 2.36 bits per heavy atom. The van der Waals surface area contributed by atoms with Crippen molar-refractivity contribution in [3.8, 4) is 0 Å². The summed E-state index contributed by atoms with van der Waals surface area (Å²) in [6.07, 6.45) is 0.583. The van der Waals surface area contributed by atoms with Crippen molar-refractivity contribution in [3.05, 3.63) is 59.9 Å². The van der Waals surface area contributed by atoms with Crippen LogP contribution in [-0.2, 0) is 14.8 Å². The van der Waals surface area contributed by atoms with Gasteiger partial charge >= 0.3 is 0 Å². The maximum atomic E-state index is 13.2. The molecule has 3 aromatic rings. The van der Waals surface area contributed by atoms with Gasteiger partial charge in [-0.3, -0.25) is 9.59 Å². The number of carbonyl (C=O) groups is 2. The summed E-state index contributed by atoms with van der Waals surface area (Å²) in [6.45, 7) is 4.91. The van der Waals surface area contributed by atoms with Crippen molar-refractivity contribution >= 4 is 38.4 Å². The number of sulfonamides is 1. The van der Waals surface area contributed by atoms with Crippen molar-refractivity contribution in [1.29, 1.82) is 0 Å². The van der Waals surface area contributed by atoms with Crippen molar-refractivity contribution in [2.75, 3.05) is 4.31 Å². The van der Waals surface area contributed by atoms with Crippen LogP contribution in [0, 0.1) is 6.92 Å². The van der Waals surface area contributed by atoms with Crippen molar-refractivity contribution in [3.63, 3.8) is 0 Å². The third-order valence-electron chi connectivity index (χ3n) is 4.41. The summed E-state index contributed by atoms with van der Waals surface area (Å²) in [7, 11) is -4.10. The molecule has 1 amide bonds. The van der Waals surface area contributed by atoms with Gasteiger partial charge in [0.25, 0.3) is 10.0 Å². The second kappa shape index (κ2) is 7.59. The number of hydrogen-bond acceptors (Lipinski definition) is 5. The number of rotatable bonds is 6. The molecule has 0 atom stereocenters. The molecule has 0 saturated carbocycles. The maximum Gasteiger partial charge on any atom is 0.270 e. The summed E-state index contributed by atoms with van der Waals surface area (Å²) in [4.78, 5) is 24.8. The zero-order valence-electron chi connectivity index (χ0n) is 15.9. The number of Topliss-reactive ketones (excluding diaryl/α,β-unsaturated/α-hetero) is 1. The van der Waals surface area contributed by atoms with E-state index < -0.39 is 15.9 Å². The lowest BCUT2D eigenvalue weighted by molar-refractivity contribution is -0.117. The molecule has 0 spiro atoms. The average Bonchev–Trinajstić information content (AvgIpc) is 2.98. The highest BCUT2D eigenvalue weighted by atomic mass is 32.2. The number of benzene rings is 2. The first-order chi connectivity index (χ1) is 13.3. The molecule has 0 aliphatic rings. The Labute approximate surface area is 163 Å². The third kappa shape index (κ3) is 3.45. The number of carbonyl (C=O) groups excluding carboxylic acids is 2. The van der Waals surface area contributed by atoms with Crippen molar-refractivity contribution < 1.29 is 22.4 Å². The minimum atomic E-state index is -4.10. The number of furan rings is 1. The van der Waals surface area contributed by atoms with E-state index in [-0.39, 0.29) is 22.8 Å². The van der Waals surface area contributed by atoms with Gasteiger partial charge in [0.1, 0.15) is 11.3 Å². The maximum absolute atomic E-state index is 13.2. The first-order valence-electron chi connectivity index (χ1n) is 8.94. The Morgan fingerprint density at radius 2 is 1.75 bits per heavy atom. The lowest BCUT2D eigenvalue weighted by Gasteiger charge is -2.22. The number of anilines is 1. The van der Waals surface area contributed by atoms with Crippen LogP contribution in [-0.4, -0.2) is 20.1 Å². The summed E-state index contributed by atoms with van der Waals surface area (Å²) in [6, 6.07) is 12.4. The van der Waals surface area contributed by atoms with Crippen molar-refractivity contribution in [2.45, 2.75) is 38.5 Å². The van der Waals surface area contributed by atoms with Crippen LogP contribution in [0.15, 0.2) is 57.8 Å². The van der Waals surface area contributed by atoms with Crippen LogP contribution in [0.3, 0.4) is 0 Å². The first kappa shape index (κ1) is 19.8. The molecule has 28 heavy (non-hydrogen) atoms. The topological polar surface area (TPSA) is 84.7 Å². The van der Waals surface area contributed by atoms with E-state index in [2.05, 4.69) is 0 Å². The molecule has 0 bridgehead atoms. The molecule has 0 radical (unpaired) electrons. The van der Waals surface area contributed by atoms with Crippen LogP contribution in [0.2, 0.25) is 0 Å². The molecule has 7 heteroatoms. The van der Waals surface area contributed by atoms with E-state index in [1.807, 2.05) is 6.92 Å². The van der Waals surface area contributed by atoms with Crippen LogP contribution < -0.4 is 4.31 Å². The Morgan fingerprint density at radius 1 is 1.07 bits per heavy atom. The van der Waals surface area contributed by atoms with Gasteiger partial charge in [-0.1, -0.05) is 25.1 Å². The third-order valence-corrected chi connectivity index (χ3v) is 6.17. The van der Waals surface area contributed by atoms with E-state index >= 15 is 0 Å². The highest BCUT2D eigenvalue weighted by Crippen LogP contribution is 2.32. The summed E-state index contributed by atoms with van der Waals surface area (Å²) >= 11 is 0. The summed E-state index contributed by atoms with van der Waals surface area (Å²) < 4.78 is 32.9. The molecule has 0 aliphatic carbocycles. The normalized spacial score (nSPS) is 11.5. The Balaban J connectivity index is 2.23. The predicted octanol–water partition coefficient (Wildman–Crippen LogP) is 4.47. The van der Waals surface area contributed by atoms with Gasteiger partial charge in [-0.2, -0.15) is 0 Å². The number of nitrogens with zero attached hydrogens (tertiary/aromatic N) is 1. The molecule has 0 fully saturated rings. The second-order valence-electron chi connectivity index (χ2n) is 6.50. The number of ketones is 1. The number of hydrogen-bond donors (Lipinski definition) is 0. The molecule has 6 nitrogen and oxygen atoms in total. The van der Waals surface area contributed by atoms with Crippen LogP contribution in [0.4, 0.5) is 5.69 Å². The van der Waals surface area contributed by atoms with Gasteiger partial charge in [0.2, 0.25) is 5.91 Å². The molecule has 0 saturated heterocycles. The van der Waals surface area contributed by atoms with Crippen LogP contribution in [0.1, 0.15) is 42.8 Å². The largest absolute Gasteiger partial charge is 0.461 e. The van der Waals surface area contributed by atoms with E-state index in [9.17, 15) is 18.0 Å². The smallest absolute Gasteiger partial charge is 0.270 e. The van der Waals surface area contributed by atoms with E-state index in [4.69, 9.17) is 4.42 Å². The van der Waals surface area contributed by atoms with Gasteiger partial charge in [0.15, 0.2) is 5.78 Å². The molecular weight excluding hydrogens is 378 g/mol. The van der Waals surface area contributed by atoms with Gasteiger partial charge in [-0.05, 0) is 50.6 Å². The van der Waals surface area contributed by atoms with Crippen LogP contribution in [0.5, 0.6) is 0 Å². The first-order valence-corrected chi connectivity index (χ1v) is 10.4. The minimum Gasteiger partial charge on any atom is -0.461 e. The van der Waals surface area contributed by atoms with E-state index in [1.165, 1.54) is 31.2 Å². The van der Waals surface area contributed by atoms with E-state index in [0.29, 0.717) is 28.7 Å². The van der Waals surface area contributed by atoms with Crippen molar-refractivity contribution in [1.82, 2.24) is 0 Å². The molecule has 1 aromatic heterocycles. The van der Waals surface area contributed by atoms with Gasteiger partial charge < -0.3 is 4.42 Å². The molecule has 1 heterocycles. The minimum absolute atomic E-state index is 0.0229. The highest BCUT2D eigenvalue weighted by molar-refractivity contribution is 7.93. The lowest BCUT2D eigenvalue weighted by atomic mass is 10.1. The van der Waals surface area contributed by atoms with Gasteiger partial charge in [-0.25, -0.2) is 12.7 Å². The van der Waals surface area contributed by atoms with Gasteiger partial charge in [0.05, 0.1) is 16.1 Å².